The maximum Gasteiger partial charge on any atom is 0.241 e. The molecule has 28 heavy (non-hydrogen) atoms. The van der Waals surface area contributed by atoms with Crippen LogP contribution in [0.4, 0.5) is 0 Å². The van der Waals surface area contributed by atoms with E-state index >= 15 is 0 Å². The zero-order valence-corrected chi connectivity index (χ0v) is 18.4. The molecule has 2 heterocycles. The number of hydrogen-bond donors (Lipinski definition) is 2. The van der Waals surface area contributed by atoms with Crippen molar-refractivity contribution in [1.82, 2.24) is 20.5 Å². The molecule has 1 aromatic heterocycles. The number of likely N-dealkylation sites (N-methyl/N-ethyl adjacent to an activating group) is 1. The Morgan fingerprint density at radius 2 is 2.04 bits per heavy atom. The first-order chi connectivity index (χ1) is 13.1. The third-order valence-electron chi connectivity index (χ3n) is 4.30. The highest BCUT2D eigenvalue weighted by molar-refractivity contribution is 14.0. The summed E-state index contributed by atoms with van der Waals surface area (Å²) in [6.45, 7) is 1.24. The Morgan fingerprint density at radius 1 is 1.25 bits per heavy atom. The molecule has 3 rings (SSSR count). The molecule has 0 spiro atoms. The lowest BCUT2D eigenvalue weighted by atomic mass is 10.0. The molecule has 1 atom stereocenters. The van der Waals surface area contributed by atoms with Gasteiger partial charge < -0.3 is 20.3 Å². The fraction of sp³-hybridized carbons (Fsp3) is 0.350. The highest BCUT2D eigenvalue weighted by atomic mass is 127. The van der Waals surface area contributed by atoms with Gasteiger partial charge >= 0.3 is 0 Å². The van der Waals surface area contributed by atoms with Gasteiger partial charge in [-0.25, -0.2) is 4.99 Å². The summed E-state index contributed by atoms with van der Waals surface area (Å²) in [5.41, 5.74) is 1.96. The van der Waals surface area contributed by atoms with Crippen LogP contribution in [0.5, 0.6) is 5.75 Å². The van der Waals surface area contributed by atoms with Crippen LogP contribution in [0.15, 0.2) is 53.7 Å². The summed E-state index contributed by atoms with van der Waals surface area (Å²) in [6.07, 6.45) is 2.57. The molecule has 1 amide bonds. The smallest absolute Gasteiger partial charge is 0.241 e. The van der Waals surface area contributed by atoms with Crippen molar-refractivity contribution in [1.29, 1.82) is 0 Å². The number of benzene rings is 1. The van der Waals surface area contributed by atoms with Crippen LogP contribution in [0.25, 0.3) is 0 Å². The van der Waals surface area contributed by atoms with E-state index in [1.165, 1.54) is 0 Å². The second-order valence-electron chi connectivity index (χ2n) is 6.50. The number of carbonyl (C=O) groups excluding carboxylic acids is 1. The van der Waals surface area contributed by atoms with Gasteiger partial charge in [0.2, 0.25) is 5.91 Å². The van der Waals surface area contributed by atoms with Gasteiger partial charge in [-0.1, -0.05) is 24.3 Å². The molecule has 0 aliphatic carbocycles. The fourth-order valence-electron chi connectivity index (χ4n) is 2.78. The van der Waals surface area contributed by atoms with Crippen LogP contribution < -0.4 is 15.4 Å². The van der Waals surface area contributed by atoms with Crippen LogP contribution in [0.2, 0.25) is 0 Å². The molecule has 1 aliphatic rings. The number of pyridine rings is 1. The second-order valence-corrected chi connectivity index (χ2v) is 6.50. The predicted molar refractivity (Wildman–Crippen MR) is 120 cm³/mol. The Labute approximate surface area is 182 Å². The monoisotopic (exact) mass is 495 g/mol. The summed E-state index contributed by atoms with van der Waals surface area (Å²) in [5, 5.41) is 6.57. The van der Waals surface area contributed by atoms with E-state index in [0.29, 0.717) is 19.1 Å². The van der Waals surface area contributed by atoms with Gasteiger partial charge in [0.15, 0.2) is 5.96 Å². The van der Waals surface area contributed by atoms with Gasteiger partial charge in [-0.2, -0.15) is 0 Å². The van der Waals surface area contributed by atoms with Crippen molar-refractivity contribution in [3.8, 4) is 5.75 Å². The third-order valence-corrected chi connectivity index (χ3v) is 4.30. The Hall–Kier alpha value is -2.36. The number of guanidine groups is 1. The number of para-hydroxylation sites is 1. The summed E-state index contributed by atoms with van der Waals surface area (Å²) in [4.78, 5) is 22.4. The molecule has 150 valence electrons. The number of ether oxygens (including phenoxy) is 1. The summed E-state index contributed by atoms with van der Waals surface area (Å²) < 4.78 is 5.72. The zero-order valence-electron chi connectivity index (χ0n) is 16.1. The van der Waals surface area contributed by atoms with Gasteiger partial charge in [0.25, 0.3) is 0 Å². The van der Waals surface area contributed by atoms with E-state index in [9.17, 15) is 4.79 Å². The molecule has 2 N–H and O–H groups in total. The topological polar surface area (TPSA) is 78.9 Å². The highest BCUT2D eigenvalue weighted by Gasteiger charge is 2.22. The SMILES string of the molecule is CN(C)C(=O)CNC(=NCc1ccccn1)NC1CCOc2ccccc21.I. The number of nitrogens with one attached hydrogen (secondary N) is 2. The summed E-state index contributed by atoms with van der Waals surface area (Å²) in [6, 6.07) is 13.8. The Kier molecular flexibility index (Phi) is 8.49. The number of fused-ring (bicyclic) bond motifs is 1. The summed E-state index contributed by atoms with van der Waals surface area (Å²) >= 11 is 0. The molecule has 0 bridgehead atoms. The number of hydrogen-bond acceptors (Lipinski definition) is 4. The van der Waals surface area contributed by atoms with Crippen molar-refractivity contribution in [3.63, 3.8) is 0 Å². The third kappa shape index (κ3) is 6.08. The van der Waals surface area contributed by atoms with Crippen molar-refractivity contribution in [2.75, 3.05) is 27.2 Å². The molecule has 0 saturated heterocycles. The van der Waals surface area contributed by atoms with Crippen molar-refractivity contribution in [2.45, 2.75) is 19.0 Å². The van der Waals surface area contributed by atoms with Gasteiger partial charge in [-0.3, -0.25) is 9.78 Å². The van der Waals surface area contributed by atoms with Crippen LogP contribution in [-0.2, 0) is 11.3 Å². The Morgan fingerprint density at radius 3 is 2.79 bits per heavy atom. The van der Waals surface area contributed by atoms with E-state index in [-0.39, 0.29) is 42.5 Å². The zero-order chi connectivity index (χ0) is 19.1. The van der Waals surface area contributed by atoms with Crippen molar-refractivity contribution in [2.24, 2.45) is 4.99 Å². The van der Waals surface area contributed by atoms with E-state index in [4.69, 9.17) is 4.74 Å². The minimum Gasteiger partial charge on any atom is -0.493 e. The lowest BCUT2D eigenvalue weighted by Gasteiger charge is -2.28. The average molecular weight is 495 g/mol. The van der Waals surface area contributed by atoms with Crippen molar-refractivity contribution >= 4 is 35.8 Å². The van der Waals surface area contributed by atoms with Gasteiger partial charge in [0.05, 0.1) is 31.4 Å². The number of rotatable bonds is 5. The van der Waals surface area contributed by atoms with Gasteiger partial charge in [-0.05, 0) is 18.2 Å². The molecule has 0 fully saturated rings. The second kappa shape index (κ2) is 10.8. The molecule has 0 radical (unpaired) electrons. The largest absolute Gasteiger partial charge is 0.493 e. The molecule has 1 aliphatic heterocycles. The minimum atomic E-state index is -0.0188. The maximum atomic E-state index is 12.0. The van der Waals surface area contributed by atoms with E-state index in [2.05, 4.69) is 20.6 Å². The summed E-state index contributed by atoms with van der Waals surface area (Å²) in [5.74, 6) is 1.45. The first-order valence-corrected chi connectivity index (χ1v) is 9.00. The molecule has 2 aromatic rings. The van der Waals surface area contributed by atoms with Crippen LogP contribution >= 0.6 is 24.0 Å². The number of aromatic nitrogens is 1. The number of nitrogens with zero attached hydrogens (tertiary/aromatic N) is 3. The fourth-order valence-corrected chi connectivity index (χ4v) is 2.78. The Bertz CT molecular complexity index is 798. The predicted octanol–water partition coefficient (Wildman–Crippen LogP) is 2.35. The number of amides is 1. The Balaban J connectivity index is 0.00000280. The van der Waals surface area contributed by atoms with Crippen LogP contribution in [-0.4, -0.2) is 49.0 Å². The van der Waals surface area contributed by atoms with E-state index in [1.807, 2.05) is 42.5 Å². The molecule has 1 unspecified atom stereocenters. The summed E-state index contributed by atoms with van der Waals surface area (Å²) in [7, 11) is 3.47. The molecule has 8 heteroatoms. The number of aliphatic imine (C=N–C) groups is 1. The van der Waals surface area contributed by atoms with Crippen LogP contribution in [0, 0.1) is 0 Å². The molecule has 1 aromatic carbocycles. The van der Waals surface area contributed by atoms with Gasteiger partial charge in [0.1, 0.15) is 5.75 Å². The molecule has 7 nitrogen and oxygen atoms in total. The standard InChI is InChI=1S/C20H25N5O2.HI/c1-25(2)19(26)14-23-20(22-13-15-7-5-6-11-21-15)24-17-10-12-27-18-9-4-3-8-16(17)18;/h3-9,11,17H,10,12-14H2,1-2H3,(H2,22,23,24);1H. The average Bonchev–Trinajstić information content (AvgIpc) is 2.70. The maximum absolute atomic E-state index is 12.0. The normalized spacial score (nSPS) is 15.5. The minimum absolute atomic E-state index is 0. The van der Waals surface area contributed by atoms with Gasteiger partial charge in [0, 0.05) is 32.3 Å². The quantitative estimate of drug-likeness (QED) is 0.379. The van der Waals surface area contributed by atoms with Crippen LogP contribution in [0.3, 0.4) is 0 Å². The lowest BCUT2D eigenvalue weighted by Crippen LogP contribution is -2.45. The lowest BCUT2D eigenvalue weighted by molar-refractivity contribution is -0.127. The van der Waals surface area contributed by atoms with Crippen molar-refractivity contribution < 1.29 is 9.53 Å². The van der Waals surface area contributed by atoms with E-state index in [1.54, 1.807) is 25.2 Å². The number of carbonyl (C=O) groups is 1. The molecule has 0 saturated carbocycles. The highest BCUT2D eigenvalue weighted by Crippen LogP contribution is 2.31. The molecular formula is C20H26IN5O2. The first-order valence-electron chi connectivity index (χ1n) is 9.00. The first kappa shape index (κ1) is 21.9. The van der Waals surface area contributed by atoms with E-state index < -0.39 is 0 Å². The number of halogens is 1. The molecular weight excluding hydrogens is 469 g/mol. The van der Waals surface area contributed by atoms with Gasteiger partial charge in [-0.15, -0.1) is 24.0 Å². The van der Waals surface area contributed by atoms with Crippen molar-refractivity contribution in [3.05, 3.63) is 59.9 Å². The van der Waals surface area contributed by atoms with Crippen LogP contribution in [0.1, 0.15) is 23.7 Å². The van der Waals surface area contributed by atoms with E-state index in [0.717, 1.165) is 23.4 Å².